The monoisotopic (exact) mass is 630 g/mol. The van der Waals surface area contributed by atoms with Gasteiger partial charge in [0.15, 0.2) is 11.5 Å². The van der Waals surface area contributed by atoms with E-state index in [0.717, 1.165) is 30.9 Å². The molecule has 1 aromatic heterocycles. The number of ether oxygens (including phenoxy) is 2. The zero-order valence-electron chi connectivity index (χ0n) is 23.8. The van der Waals surface area contributed by atoms with Crippen LogP contribution in [-0.4, -0.2) is 54.8 Å². The van der Waals surface area contributed by atoms with E-state index < -0.39 is 26.0 Å². The van der Waals surface area contributed by atoms with Gasteiger partial charge in [-0.25, -0.2) is 26.0 Å². The molecule has 1 N–H and O–H groups in total. The summed E-state index contributed by atoms with van der Waals surface area (Å²) in [6, 6.07) is 15.8. The number of benzene rings is 3. The Balaban J connectivity index is 1.57. The quantitative estimate of drug-likeness (QED) is 0.219. The van der Waals surface area contributed by atoms with Crippen molar-refractivity contribution in [1.29, 1.82) is 0 Å². The molecule has 228 valence electrons. The Morgan fingerprint density at radius 2 is 1.63 bits per heavy atom. The van der Waals surface area contributed by atoms with E-state index in [4.69, 9.17) is 13.9 Å². The molecule has 0 radical (unpaired) electrons. The summed E-state index contributed by atoms with van der Waals surface area (Å²) >= 11 is 0. The molecule has 1 aliphatic rings. The van der Waals surface area contributed by atoms with Gasteiger partial charge in [-0.05, 0) is 85.3 Å². The second-order valence-corrected chi connectivity index (χ2v) is 14.6. The normalized spacial score (nSPS) is 13.6. The van der Waals surface area contributed by atoms with Crippen molar-refractivity contribution < 1.29 is 39.9 Å². The topological polar surface area (TPSA) is 132 Å². The Kier molecular flexibility index (Phi) is 8.39. The first-order chi connectivity index (χ1) is 20.3. The van der Waals surface area contributed by atoms with Crippen LogP contribution in [0, 0.1) is 5.82 Å². The van der Waals surface area contributed by atoms with Gasteiger partial charge in [-0.1, -0.05) is 0 Å². The van der Waals surface area contributed by atoms with Gasteiger partial charge in [0.25, 0.3) is 0 Å². The molecule has 0 saturated heterocycles. The first-order valence-corrected chi connectivity index (χ1v) is 17.4. The molecule has 1 aliphatic carbocycles. The highest BCUT2D eigenvalue weighted by molar-refractivity contribution is 7.92. The number of halogens is 1. The molecule has 0 aliphatic heterocycles. The molecule has 1 saturated carbocycles. The van der Waals surface area contributed by atoms with Crippen molar-refractivity contribution in [3.05, 3.63) is 72.0 Å². The molecule has 5 rings (SSSR count). The fourth-order valence-electron chi connectivity index (χ4n) is 4.75. The summed E-state index contributed by atoms with van der Waals surface area (Å²) in [7, 11) is -5.63. The molecule has 1 heterocycles. The summed E-state index contributed by atoms with van der Waals surface area (Å²) in [4.78, 5) is 12.4. The van der Waals surface area contributed by atoms with Crippen LogP contribution in [0.25, 0.3) is 22.3 Å². The minimum Gasteiger partial charge on any atom is -0.457 e. The van der Waals surface area contributed by atoms with E-state index in [1.54, 1.807) is 36.4 Å². The van der Waals surface area contributed by atoms with Gasteiger partial charge < -0.3 is 19.2 Å². The van der Waals surface area contributed by atoms with Gasteiger partial charge in [0.05, 0.1) is 23.1 Å². The van der Waals surface area contributed by atoms with Gasteiger partial charge in [0.2, 0.25) is 10.0 Å². The zero-order chi connectivity index (χ0) is 30.9. The molecule has 0 spiro atoms. The number of anilines is 1. The molecule has 43 heavy (non-hydrogen) atoms. The number of furan rings is 1. The summed E-state index contributed by atoms with van der Waals surface area (Å²) in [6.07, 6.45) is 3.30. The zero-order valence-corrected chi connectivity index (χ0v) is 25.4. The average Bonchev–Trinajstić information content (AvgIpc) is 3.73. The largest absolute Gasteiger partial charge is 0.457 e. The van der Waals surface area contributed by atoms with Crippen molar-refractivity contribution >= 4 is 42.6 Å². The number of rotatable bonds is 11. The van der Waals surface area contributed by atoms with Crippen LogP contribution in [-0.2, 0) is 19.9 Å². The Hall–Kier alpha value is -4.10. The summed E-state index contributed by atoms with van der Waals surface area (Å²) < 4.78 is 81.4. The third-order valence-electron chi connectivity index (χ3n) is 6.92. The van der Waals surface area contributed by atoms with Gasteiger partial charge in [0, 0.05) is 31.5 Å². The molecular formula is C30H31FN2O8S2. The van der Waals surface area contributed by atoms with Gasteiger partial charge in [-0.15, -0.1) is 0 Å². The molecule has 0 bridgehead atoms. The fourth-order valence-corrected chi connectivity index (χ4v) is 6.38. The number of fused-ring (bicyclic) bond motifs is 1. The number of nitrogens with one attached hydrogen (secondary N) is 1. The lowest BCUT2D eigenvalue weighted by Crippen LogP contribution is -2.32. The SMILES string of the molecule is CNC(=O)Oc1c(-c2ccc(Oc3ccc(F)cc3)cc2)oc2cc(N(CCCS(C)(=O)=O)S(C)(=O)=O)c(C3CC3)cc12. The minimum absolute atomic E-state index is 0.0260. The first-order valence-electron chi connectivity index (χ1n) is 13.5. The fraction of sp³-hybridized carbons (Fsp3) is 0.300. The second kappa shape index (κ2) is 11.9. The van der Waals surface area contributed by atoms with Crippen LogP contribution in [0.3, 0.4) is 0 Å². The number of nitrogens with zero attached hydrogens (tertiary/aromatic N) is 1. The molecule has 10 nitrogen and oxygen atoms in total. The third-order valence-corrected chi connectivity index (χ3v) is 9.13. The molecule has 1 fully saturated rings. The van der Waals surface area contributed by atoms with Crippen LogP contribution in [0.15, 0.2) is 65.1 Å². The Labute approximate surface area is 249 Å². The Bertz CT molecular complexity index is 1870. The predicted molar refractivity (Wildman–Crippen MR) is 162 cm³/mol. The summed E-state index contributed by atoms with van der Waals surface area (Å²) in [5.74, 6) is 0.901. The third kappa shape index (κ3) is 7.28. The van der Waals surface area contributed by atoms with E-state index in [1.807, 2.05) is 0 Å². The van der Waals surface area contributed by atoms with Crippen LogP contribution >= 0.6 is 0 Å². The standard InChI is InChI=1S/C30H31FN2O8S2/c1-32-30(34)41-29-25-17-24(19-5-6-19)26(33(43(3,37)38)15-4-16-42(2,35)36)18-27(25)40-28(29)20-7-11-22(12-8-20)39-23-13-9-21(31)10-14-23/h7-14,17-19H,4-6,15-16H2,1-3H3,(H,32,34). The summed E-state index contributed by atoms with van der Waals surface area (Å²) in [5.41, 5.74) is 2.00. The smallest absolute Gasteiger partial charge is 0.412 e. The number of sulfonamides is 1. The Morgan fingerprint density at radius 3 is 2.19 bits per heavy atom. The van der Waals surface area contributed by atoms with Crippen molar-refractivity contribution in [3.8, 4) is 28.6 Å². The van der Waals surface area contributed by atoms with Crippen molar-refractivity contribution in [3.63, 3.8) is 0 Å². The maximum Gasteiger partial charge on any atom is 0.412 e. The van der Waals surface area contributed by atoms with Crippen molar-refractivity contribution in [2.24, 2.45) is 0 Å². The van der Waals surface area contributed by atoms with Gasteiger partial charge in [0.1, 0.15) is 32.7 Å². The van der Waals surface area contributed by atoms with Gasteiger partial charge in [-0.2, -0.15) is 0 Å². The maximum absolute atomic E-state index is 13.2. The highest BCUT2D eigenvalue weighted by atomic mass is 32.2. The van der Waals surface area contributed by atoms with E-state index in [2.05, 4.69) is 5.32 Å². The minimum atomic E-state index is -3.78. The number of hydrogen-bond donors (Lipinski definition) is 1. The molecule has 3 aromatic carbocycles. The van der Waals surface area contributed by atoms with Crippen LogP contribution in [0.2, 0.25) is 0 Å². The van der Waals surface area contributed by atoms with Crippen molar-refractivity contribution in [1.82, 2.24) is 5.32 Å². The molecule has 4 aromatic rings. The average molecular weight is 631 g/mol. The summed E-state index contributed by atoms with van der Waals surface area (Å²) in [6.45, 7) is -0.0260. The first kappa shape index (κ1) is 30.4. The lowest BCUT2D eigenvalue weighted by molar-refractivity contribution is 0.203. The molecule has 0 atom stereocenters. The predicted octanol–water partition coefficient (Wildman–Crippen LogP) is 5.83. The van der Waals surface area contributed by atoms with E-state index in [0.29, 0.717) is 28.1 Å². The highest BCUT2D eigenvalue weighted by Crippen LogP contribution is 2.49. The van der Waals surface area contributed by atoms with E-state index in [9.17, 15) is 26.0 Å². The van der Waals surface area contributed by atoms with Crippen LogP contribution in [0.1, 0.15) is 30.7 Å². The lowest BCUT2D eigenvalue weighted by Gasteiger charge is -2.25. The maximum atomic E-state index is 13.2. The van der Waals surface area contributed by atoms with Crippen LogP contribution in [0.5, 0.6) is 17.2 Å². The van der Waals surface area contributed by atoms with Crippen LogP contribution < -0.4 is 19.1 Å². The highest BCUT2D eigenvalue weighted by Gasteiger charge is 2.33. The number of hydrogen-bond acceptors (Lipinski definition) is 8. The summed E-state index contributed by atoms with van der Waals surface area (Å²) in [5, 5.41) is 2.92. The second-order valence-electron chi connectivity index (χ2n) is 10.5. The number of amides is 1. The van der Waals surface area contributed by atoms with E-state index in [1.165, 1.54) is 35.6 Å². The number of carbonyl (C=O) groups excluding carboxylic acids is 1. The lowest BCUT2D eigenvalue weighted by atomic mass is 10.0. The number of sulfone groups is 1. The van der Waals surface area contributed by atoms with E-state index in [-0.39, 0.29) is 47.5 Å². The van der Waals surface area contributed by atoms with Gasteiger partial charge >= 0.3 is 6.09 Å². The Morgan fingerprint density at radius 1 is 1.00 bits per heavy atom. The van der Waals surface area contributed by atoms with E-state index >= 15 is 0 Å². The van der Waals surface area contributed by atoms with Crippen molar-refractivity contribution in [2.45, 2.75) is 25.2 Å². The van der Waals surface area contributed by atoms with Crippen molar-refractivity contribution in [2.75, 3.05) is 36.2 Å². The van der Waals surface area contributed by atoms with Gasteiger partial charge in [-0.3, -0.25) is 4.31 Å². The molecule has 0 unspecified atom stereocenters. The van der Waals surface area contributed by atoms with Crippen LogP contribution in [0.4, 0.5) is 14.9 Å². The number of carbonyl (C=O) groups is 1. The molecule has 13 heteroatoms. The molecular weight excluding hydrogens is 599 g/mol. The molecule has 1 amide bonds.